The Kier molecular flexibility index (Phi) is 5.20. The van der Waals surface area contributed by atoms with Crippen molar-refractivity contribution in [3.8, 4) is 11.3 Å². The Labute approximate surface area is 149 Å². The second-order valence-corrected chi connectivity index (χ2v) is 5.54. The van der Waals surface area contributed by atoms with Crippen molar-refractivity contribution >= 4 is 29.1 Å². The summed E-state index contributed by atoms with van der Waals surface area (Å²) < 4.78 is 4.99. The van der Waals surface area contributed by atoms with Gasteiger partial charge in [-0.2, -0.15) is 0 Å². The minimum absolute atomic E-state index is 0.309. The van der Waals surface area contributed by atoms with Crippen LogP contribution < -0.4 is 5.32 Å². The summed E-state index contributed by atoms with van der Waals surface area (Å²) in [5.74, 6) is 0.154. The predicted molar refractivity (Wildman–Crippen MR) is 96.0 cm³/mol. The third-order valence-corrected chi connectivity index (χ3v) is 3.55. The van der Waals surface area contributed by atoms with E-state index in [9.17, 15) is 4.79 Å². The average Bonchev–Trinajstić information content (AvgIpc) is 2.64. The molecule has 0 saturated carbocycles. The van der Waals surface area contributed by atoms with E-state index < -0.39 is 5.97 Å². The third-order valence-electron chi connectivity index (χ3n) is 3.30. The van der Waals surface area contributed by atoms with Crippen molar-refractivity contribution < 1.29 is 9.53 Å². The number of carbonyl (C=O) groups is 1. The molecule has 3 aromatic rings. The molecule has 0 radical (unpaired) electrons. The van der Waals surface area contributed by atoms with Gasteiger partial charge in [-0.15, -0.1) is 0 Å². The van der Waals surface area contributed by atoms with Crippen molar-refractivity contribution in [2.75, 3.05) is 11.9 Å². The number of ether oxygens (including phenoxy) is 1. The van der Waals surface area contributed by atoms with Gasteiger partial charge in [0.05, 0.1) is 30.3 Å². The van der Waals surface area contributed by atoms with Gasteiger partial charge in [-0.25, -0.2) is 9.78 Å². The Hall–Kier alpha value is -2.99. The number of rotatable bonds is 5. The fourth-order valence-corrected chi connectivity index (χ4v) is 2.28. The zero-order chi connectivity index (χ0) is 17.6. The van der Waals surface area contributed by atoms with Gasteiger partial charge >= 0.3 is 5.97 Å². The van der Waals surface area contributed by atoms with E-state index in [4.69, 9.17) is 16.3 Å². The number of nitrogens with zero attached hydrogens (tertiary/aromatic N) is 3. The maximum Gasteiger partial charge on any atom is 0.339 e. The van der Waals surface area contributed by atoms with Gasteiger partial charge in [-0.05, 0) is 37.3 Å². The third kappa shape index (κ3) is 4.30. The number of nitrogens with one attached hydrogen (secondary N) is 1. The van der Waals surface area contributed by atoms with Gasteiger partial charge < -0.3 is 10.1 Å². The molecular formula is C18H15ClN4O2. The SMILES string of the molecule is CCOC(=O)c1cncc(-c2cncc(Nc3ccc(Cl)cc3)n2)c1. The van der Waals surface area contributed by atoms with E-state index in [1.165, 1.54) is 6.20 Å². The number of aromatic nitrogens is 3. The minimum Gasteiger partial charge on any atom is -0.462 e. The quantitative estimate of drug-likeness (QED) is 0.695. The van der Waals surface area contributed by atoms with Crippen LogP contribution in [0.2, 0.25) is 5.02 Å². The molecule has 0 fully saturated rings. The Bertz CT molecular complexity index is 884. The Morgan fingerprint density at radius 2 is 1.88 bits per heavy atom. The van der Waals surface area contributed by atoms with E-state index in [-0.39, 0.29) is 0 Å². The molecule has 3 rings (SSSR count). The lowest BCUT2D eigenvalue weighted by atomic mass is 10.1. The molecule has 0 unspecified atom stereocenters. The lowest BCUT2D eigenvalue weighted by molar-refractivity contribution is 0.0526. The molecule has 0 amide bonds. The fourth-order valence-electron chi connectivity index (χ4n) is 2.15. The Morgan fingerprint density at radius 1 is 1.12 bits per heavy atom. The van der Waals surface area contributed by atoms with Crippen molar-refractivity contribution in [3.63, 3.8) is 0 Å². The standard InChI is InChI=1S/C18H15ClN4O2/c1-2-25-18(24)13-7-12(8-20-9-13)16-10-21-11-17(23-16)22-15-5-3-14(19)4-6-15/h3-11H,2H2,1H3,(H,22,23). The molecule has 0 aliphatic rings. The van der Waals surface area contributed by atoms with E-state index in [1.807, 2.05) is 12.1 Å². The molecule has 0 atom stereocenters. The first-order chi connectivity index (χ1) is 12.2. The molecule has 0 aliphatic heterocycles. The first-order valence-corrected chi connectivity index (χ1v) is 8.00. The van der Waals surface area contributed by atoms with Crippen molar-refractivity contribution in [3.05, 3.63) is 65.7 Å². The lowest BCUT2D eigenvalue weighted by Crippen LogP contribution is -2.05. The van der Waals surface area contributed by atoms with Crippen LogP contribution in [0.1, 0.15) is 17.3 Å². The molecule has 1 N–H and O–H groups in total. The van der Waals surface area contributed by atoms with E-state index >= 15 is 0 Å². The maximum absolute atomic E-state index is 11.8. The highest BCUT2D eigenvalue weighted by Gasteiger charge is 2.10. The summed E-state index contributed by atoms with van der Waals surface area (Å²) in [6, 6.07) is 8.95. The summed E-state index contributed by atoms with van der Waals surface area (Å²) in [7, 11) is 0. The van der Waals surface area contributed by atoms with Crippen molar-refractivity contribution in [2.45, 2.75) is 6.92 Å². The first-order valence-electron chi connectivity index (χ1n) is 7.63. The van der Waals surface area contributed by atoms with E-state index in [2.05, 4.69) is 20.3 Å². The van der Waals surface area contributed by atoms with Crippen molar-refractivity contribution in [2.24, 2.45) is 0 Å². The van der Waals surface area contributed by atoms with E-state index in [0.29, 0.717) is 34.3 Å². The number of benzene rings is 1. The number of hydrogen-bond acceptors (Lipinski definition) is 6. The molecular weight excluding hydrogens is 340 g/mol. The molecule has 2 heterocycles. The first kappa shape index (κ1) is 16.9. The molecule has 0 aliphatic carbocycles. The molecule has 25 heavy (non-hydrogen) atoms. The van der Waals surface area contributed by atoms with Crippen LogP contribution in [-0.2, 0) is 4.74 Å². The minimum atomic E-state index is -0.416. The lowest BCUT2D eigenvalue weighted by Gasteiger charge is -2.08. The van der Waals surface area contributed by atoms with Crippen molar-refractivity contribution in [1.82, 2.24) is 15.0 Å². The van der Waals surface area contributed by atoms with Gasteiger partial charge in [0.1, 0.15) is 5.82 Å². The monoisotopic (exact) mass is 354 g/mol. The van der Waals surface area contributed by atoms with Crippen LogP contribution in [0.4, 0.5) is 11.5 Å². The van der Waals surface area contributed by atoms with Crippen LogP contribution in [-0.4, -0.2) is 27.5 Å². The molecule has 0 bridgehead atoms. The highest BCUT2D eigenvalue weighted by molar-refractivity contribution is 6.30. The molecule has 2 aromatic heterocycles. The molecule has 0 saturated heterocycles. The van der Waals surface area contributed by atoms with Crippen LogP contribution in [0.5, 0.6) is 0 Å². The molecule has 0 spiro atoms. The normalized spacial score (nSPS) is 10.3. The van der Waals surface area contributed by atoms with Crippen LogP contribution in [0.25, 0.3) is 11.3 Å². The predicted octanol–water partition coefficient (Wildman–Crippen LogP) is 4.11. The summed E-state index contributed by atoms with van der Waals surface area (Å²) in [5.41, 5.74) is 2.49. The zero-order valence-electron chi connectivity index (χ0n) is 13.4. The number of pyridine rings is 1. The number of carbonyl (C=O) groups excluding carboxylic acids is 1. The van der Waals surface area contributed by atoms with Crippen LogP contribution in [0.3, 0.4) is 0 Å². The molecule has 126 valence electrons. The van der Waals surface area contributed by atoms with E-state index in [1.54, 1.807) is 43.7 Å². The number of hydrogen-bond donors (Lipinski definition) is 1. The zero-order valence-corrected chi connectivity index (χ0v) is 14.2. The van der Waals surface area contributed by atoms with Gasteiger partial charge in [0, 0.05) is 28.7 Å². The summed E-state index contributed by atoms with van der Waals surface area (Å²) in [5, 5.41) is 3.81. The van der Waals surface area contributed by atoms with Crippen LogP contribution in [0, 0.1) is 0 Å². The number of esters is 1. The smallest absolute Gasteiger partial charge is 0.339 e. The topological polar surface area (TPSA) is 77.0 Å². The summed E-state index contributed by atoms with van der Waals surface area (Å²) >= 11 is 5.88. The number of halogens is 1. The number of anilines is 2. The summed E-state index contributed by atoms with van der Waals surface area (Å²) in [6.45, 7) is 2.07. The Morgan fingerprint density at radius 3 is 2.64 bits per heavy atom. The average molecular weight is 355 g/mol. The van der Waals surface area contributed by atoms with Crippen molar-refractivity contribution in [1.29, 1.82) is 0 Å². The highest BCUT2D eigenvalue weighted by Crippen LogP contribution is 2.21. The van der Waals surface area contributed by atoms with Gasteiger partial charge in [0.25, 0.3) is 0 Å². The van der Waals surface area contributed by atoms with Gasteiger partial charge in [-0.3, -0.25) is 9.97 Å². The van der Waals surface area contributed by atoms with Crippen LogP contribution >= 0.6 is 11.6 Å². The van der Waals surface area contributed by atoms with Gasteiger partial charge in [0.15, 0.2) is 0 Å². The second kappa shape index (κ2) is 7.72. The molecule has 6 nitrogen and oxygen atoms in total. The highest BCUT2D eigenvalue weighted by atomic mass is 35.5. The summed E-state index contributed by atoms with van der Waals surface area (Å²) in [4.78, 5) is 24.6. The molecule has 1 aromatic carbocycles. The second-order valence-electron chi connectivity index (χ2n) is 5.10. The maximum atomic E-state index is 11.8. The fraction of sp³-hybridized carbons (Fsp3) is 0.111. The van der Waals surface area contributed by atoms with Gasteiger partial charge in [0.2, 0.25) is 0 Å². The Balaban J connectivity index is 1.85. The molecule has 7 heteroatoms. The van der Waals surface area contributed by atoms with Crippen LogP contribution in [0.15, 0.2) is 55.1 Å². The van der Waals surface area contributed by atoms with Gasteiger partial charge in [-0.1, -0.05) is 11.6 Å². The van der Waals surface area contributed by atoms with E-state index in [0.717, 1.165) is 5.69 Å². The summed E-state index contributed by atoms with van der Waals surface area (Å²) in [6.07, 6.45) is 6.31. The largest absolute Gasteiger partial charge is 0.462 e.